The van der Waals surface area contributed by atoms with Gasteiger partial charge in [-0.2, -0.15) is 0 Å². The number of nitro groups is 1. The Morgan fingerprint density at radius 2 is 1.87 bits per heavy atom. The number of esters is 1. The van der Waals surface area contributed by atoms with E-state index in [1.54, 1.807) is 24.1 Å². The molecule has 4 rings (SSSR count). The van der Waals surface area contributed by atoms with E-state index in [0.717, 1.165) is 11.1 Å². The van der Waals surface area contributed by atoms with E-state index < -0.39 is 10.9 Å². The molecule has 2 aromatic rings. The summed E-state index contributed by atoms with van der Waals surface area (Å²) >= 11 is 0. The van der Waals surface area contributed by atoms with Gasteiger partial charge < -0.3 is 4.74 Å². The molecule has 0 bridgehead atoms. The van der Waals surface area contributed by atoms with Crippen LogP contribution in [0.1, 0.15) is 36.9 Å². The van der Waals surface area contributed by atoms with Crippen molar-refractivity contribution < 1.29 is 19.2 Å². The highest BCUT2D eigenvalue weighted by atomic mass is 16.6. The molecular weight excluding hydrogens is 398 g/mol. The summed E-state index contributed by atoms with van der Waals surface area (Å²) in [6.45, 7) is 2.53. The Bertz CT molecular complexity index is 1030. The minimum absolute atomic E-state index is 0.0168. The summed E-state index contributed by atoms with van der Waals surface area (Å²) in [7, 11) is 0. The van der Waals surface area contributed by atoms with Crippen molar-refractivity contribution in [3.05, 3.63) is 87.1 Å². The van der Waals surface area contributed by atoms with Gasteiger partial charge in [0.2, 0.25) is 5.91 Å². The van der Waals surface area contributed by atoms with Gasteiger partial charge in [-0.15, -0.1) is 0 Å². The average Bonchev–Trinajstić information content (AvgIpc) is 3.34. The lowest BCUT2D eigenvalue weighted by molar-refractivity contribution is -0.384. The number of nitrogens with zero attached hydrogens (tertiary/aromatic N) is 3. The first kappa shape index (κ1) is 20.7. The first-order valence-corrected chi connectivity index (χ1v) is 10.3. The van der Waals surface area contributed by atoms with Crippen molar-refractivity contribution in [2.24, 2.45) is 0 Å². The van der Waals surface area contributed by atoms with Gasteiger partial charge in [-0.25, -0.2) is 14.8 Å². The van der Waals surface area contributed by atoms with E-state index in [4.69, 9.17) is 4.74 Å². The Labute approximate surface area is 179 Å². The number of hydrogen-bond donors (Lipinski definition) is 0. The zero-order valence-corrected chi connectivity index (χ0v) is 17.2. The van der Waals surface area contributed by atoms with Crippen LogP contribution in [0.15, 0.2) is 65.9 Å². The summed E-state index contributed by atoms with van der Waals surface area (Å²) in [5, 5.41) is 14.6. The number of non-ortho nitro benzene ring substituents is 1. The molecule has 1 atom stereocenters. The Kier molecular flexibility index (Phi) is 5.81. The van der Waals surface area contributed by atoms with Crippen LogP contribution in [0.4, 0.5) is 5.69 Å². The average molecular weight is 421 g/mol. The molecule has 0 N–H and O–H groups in total. The highest BCUT2D eigenvalue weighted by molar-refractivity contribution is 5.91. The number of benzene rings is 2. The van der Waals surface area contributed by atoms with Gasteiger partial charge in [0.05, 0.1) is 28.8 Å². The third-order valence-corrected chi connectivity index (χ3v) is 5.63. The smallest absolute Gasteiger partial charge is 0.336 e. The lowest BCUT2D eigenvalue weighted by Gasteiger charge is -2.25. The zero-order chi connectivity index (χ0) is 22.0. The minimum atomic E-state index is -0.436. The fourth-order valence-electron chi connectivity index (χ4n) is 4.20. The lowest BCUT2D eigenvalue weighted by Crippen LogP contribution is -2.34. The molecule has 0 aliphatic carbocycles. The van der Waals surface area contributed by atoms with E-state index in [2.05, 4.69) is 0 Å². The molecular formula is C23H23N3O5. The summed E-state index contributed by atoms with van der Waals surface area (Å²) in [4.78, 5) is 36.2. The van der Waals surface area contributed by atoms with Gasteiger partial charge in [-0.1, -0.05) is 42.5 Å². The summed E-state index contributed by atoms with van der Waals surface area (Å²) in [6.07, 6.45) is 1.17. The molecule has 1 amide bonds. The van der Waals surface area contributed by atoms with Crippen molar-refractivity contribution in [3.8, 4) is 0 Å². The van der Waals surface area contributed by atoms with E-state index in [9.17, 15) is 19.7 Å². The fourth-order valence-corrected chi connectivity index (χ4v) is 4.20. The molecule has 160 valence electrons. The molecule has 0 aromatic heterocycles. The number of fused-ring (bicyclic) bond motifs is 1. The molecule has 31 heavy (non-hydrogen) atoms. The van der Waals surface area contributed by atoms with E-state index in [0.29, 0.717) is 37.1 Å². The normalized spacial score (nSPS) is 20.0. The van der Waals surface area contributed by atoms with E-state index in [1.165, 1.54) is 12.1 Å². The number of nitro benzene ring substituents is 1. The van der Waals surface area contributed by atoms with Crippen molar-refractivity contribution >= 4 is 17.6 Å². The van der Waals surface area contributed by atoms with E-state index in [1.807, 2.05) is 35.3 Å². The van der Waals surface area contributed by atoms with Crippen LogP contribution in [-0.4, -0.2) is 40.0 Å². The Balaban J connectivity index is 1.74. The number of ether oxygens (including phenoxy) is 1. The van der Waals surface area contributed by atoms with Gasteiger partial charge in [-0.3, -0.25) is 14.9 Å². The molecule has 2 aromatic carbocycles. The largest absolute Gasteiger partial charge is 0.463 e. The Hall–Kier alpha value is -3.52. The topological polar surface area (TPSA) is 93.0 Å². The van der Waals surface area contributed by atoms with Crippen LogP contribution >= 0.6 is 0 Å². The maximum Gasteiger partial charge on any atom is 0.336 e. The van der Waals surface area contributed by atoms with Crippen molar-refractivity contribution in [2.75, 3.05) is 13.2 Å². The molecule has 2 aliphatic heterocycles. The van der Waals surface area contributed by atoms with Crippen LogP contribution in [-0.2, 0) is 20.7 Å². The van der Waals surface area contributed by atoms with Crippen LogP contribution in [0.5, 0.6) is 0 Å². The summed E-state index contributed by atoms with van der Waals surface area (Å²) in [5.41, 5.74) is 2.95. The van der Waals surface area contributed by atoms with Crippen LogP contribution in [0.25, 0.3) is 0 Å². The molecule has 0 saturated carbocycles. The maximum atomic E-state index is 12.9. The van der Waals surface area contributed by atoms with Gasteiger partial charge >= 0.3 is 5.97 Å². The van der Waals surface area contributed by atoms with Gasteiger partial charge in [-0.05, 0) is 18.1 Å². The predicted octanol–water partition coefficient (Wildman–Crippen LogP) is 3.55. The highest BCUT2D eigenvalue weighted by Gasteiger charge is 2.45. The number of carbonyl (C=O) groups excluding carboxylic acids is 2. The molecule has 2 aliphatic rings. The van der Waals surface area contributed by atoms with E-state index in [-0.39, 0.29) is 24.2 Å². The van der Waals surface area contributed by atoms with Crippen molar-refractivity contribution in [3.63, 3.8) is 0 Å². The third kappa shape index (κ3) is 4.06. The SMILES string of the molecule is CCOC(=O)/C(Cc1ccccc1)=C1\CC(c2ccc([N+](=O)[O-])cc2)N2CCC(=O)N12. The first-order valence-electron chi connectivity index (χ1n) is 10.3. The monoisotopic (exact) mass is 421 g/mol. The van der Waals surface area contributed by atoms with Gasteiger partial charge in [0.1, 0.15) is 0 Å². The fraction of sp³-hybridized carbons (Fsp3) is 0.304. The minimum Gasteiger partial charge on any atom is -0.463 e. The van der Waals surface area contributed by atoms with Crippen LogP contribution in [0.2, 0.25) is 0 Å². The second kappa shape index (κ2) is 8.69. The number of amides is 1. The molecule has 2 heterocycles. The zero-order valence-electron chi connectivity index (χ0n) is 17.2. The van der Waals surface area contributed by atoms with Crippen LogP contribution in [0, 0.1) is 10.1 Å². The second-order valence-electron chi connectivity index (χ2n) is 7.50. The van der Waals surface area contributed by atoms with E-state index >= 15 is 0 Å². The van der Waals surface area contributed by atoms with Crippen LogP contribution < -0.4 is 0 Å². The quantitative estimate of drug-likeness (QED) is 0.307. The molecule has 2 saturated heterocycles. The molecule has 0 spiro atoms. The number of rotatable bonds is 6. The summed E-state index contributed by atoms with van der Waals surface area (Å²) in [6, 6.07) is 15.8. The third-order valence-electron chi connectivity index (χ3n) is 5.63. The van der Waals surface area contributed by atoms with Crippen molar-refractivity contribution in [1.82, 2.24) is 10.0 Å². The maximum absolute atomic E-state index is 12.9. The number of hydrazine groups is 1. The van der Waals surface area contributed by atoms with Gasteiger partial charge in [0.25, 0.3) is 5.69 Å². The second-order valence-corrected chi connectivity index (χ2v) is 7.50. The number of carbonyl (C=O) groups is 2. The Morgan fingerprint density at radius 3 is 2.52 bits per heavy atom. The van der Waals surface area contributed by atoms with Crippen LogP contribution in [0.3, 0.4) is 0 Å². The molecule has 2 fully saturated rings. The molecule has 8 heteroatoms. The number of hydrogen-bond acceptors (Lipinski definition) is 6. The van der Waals surface area contributed by atoms with Crippen molar-refractivity contribution in [1.29, 1.82) is 0 Å². The van der Waals surface area contributed by atoms with Gasteiger partial charge in [0.15, 0.2) is 0 Å². The lowest BCUT2D eigenvalue weighted by atomic mass is 9.97. The molecule has 0 radical (unpaired) electrons. The Morgan fingerprint density at radius 1 is 1.16 bits per heavy atom. The summed E-state index contributed by atoms with van der Waals surface area (Å²) < 4.78 is 5.33. The first-order chi connectivity index (χ1) is 15.0. The van der Waals surface area contributed by atoms with Gasteiger partial charge in [0, 0.05) is 37.9 Å². The van der Waals surface area contributed by atoms with Crippen molar-refractivity contribution in [2.45, 2.75) is 32.2 Å². The molecule has 8 nitrogen and oxygen atoms in total. The standard InChI is InChI=1S/C23H23N3O5/c1-2-31-23(28)19(14-16-6-4-3-5-7-16)21-15-20(24-13-12-22(27)25(21)24)17-8-10-18(11-9-17)26(29)30/h3-11,20H,2,12-15H2,1H3/b21-19+. The predicted molar refractivity (Wildman–Crippen MR) is 112 cm³/mol. The highest BCUT2D eigenvalue weighted by Crippen LogP contribution is 2.44. The summed E-state index contributed by atoms with van der Waals surface area (Å²) in [5.74, 6) is -0.486. The molecule has 1 unspecified atom stereocenters.